The SMILES string of the molecule is c1ccc(-c2ccc3c(c2)oc2c(-n4c5ccccc5c5ccc6c7ccccc7n(-c7nc(-c8ccccc8)nc(-c8cccc9oc%10ccccc%10c89)n7)c6c54)cccc23)cc1. The quantitative estimate of drug-likeness (QED) is 0.173. The van der Waals surface area contributed by atoms with Crippen LogP contribution in [0.3, 0.4) is 0 Å². The fraction of sp³-hybridized carbons (Fsp3) is 0. The van der Waals surface area contributed by atoms with Crippen molar-refractivity contribution >= 4 is 87.5 Å². The Morgan fingerprint density at radius 3 is 1.72 bits per heavy atom. The molecule has 0 atom stereocenters. The molecule has 298 valence electrons. The number of aromatic nitrogens is 5. The number of rotatable bonds is 5. The maximum atomic E-state index is 6.97. The largest absolute Gasteiger partial charge is 0.456 e. The molecule has 0 unspecified atom stereocenters. The van der Waals surface area contributed by atoms with Crippen LogP contribution in [0, 0.1) is 0 Å². The van der Waals surface area contributed by atoms with Gasteiger partial charge in [-0.15, -0.1) is 0 Å². The van der Waals surface area contributed by atoms with Crippen LogP contribution in [-0.4, -0.2) is 24.1 Å². The zero-order valence-electron chi connectivity index (χ0n) is 34.1. The van der Waals surface area contributed by atoms with Gasteiger partial charge in [0.2, 0.25) is 5.95 Å². The predicted molar refractivity (Wildman–Crippen MR) is 259 cm³/mol. The molecule has 0 bridgehead atoms. The van der Waals surface area contributed by atoms with Crippen molar-refractivity contribution in [2.45, 2.75) is 0 Å². The van der Waals surface area contributed by atoms with Gasteiger partial charge in [0.15, 0.2) is 17.2 Å². The summed E-state index contributed by atoms with van der Waals surface area (Å²) in [6.07, 6.45) is 0. The second kappa shape index (κ2) is 13.3. The van der Waals surface area contributed by atoms with E-state index < -0.39 is 0 Å². The number of hydrogen-bond donors (Lipinski definition) is 0. The second-order valence-electron chi connectivity index (χ2n) is 16.3. The molecule has 0 spiro atoms. The van der Waals surface area contributed by atoms with E-state index in [9.17, 15) is 0 Å². The van der Waals surface area contributed by atoms with Crippen molar-refractivity contribution in [1.29, 1.82) is 0 Å². The number of hydrogen-bond acceptors (Lipinski definition) is 5. The van der Waals surface area contributed by atoms with Gasteiger partial charge in [0, 0.05) is 54.2 Å². The maximum absolute atomic E-state index is 6.97. The first-order valence-electron chi connectivity index (χ1n) is 21.4. The van der Waals surface area contributed by atoms with Gasteiger partial charge in [0.1, 0.15) is 16.7 Å². The van der Waals surface area contributed by atoms with E-state index in [1.54, 1.807) is 0 Å². The summed E-state index contributed by atoms with van der Waals surface area (Å²) in [5.74, 6) is 1.65. The highest BCUT2D eigenvalue weighted by molar-refractivity contribution is 6.24. The van der Waals surface area contributed by atoms with Gasteiger partial charge in [0.25, 0.3) is 0 Å². The van der Waals surface area contributed by atoms with Crippen molar-refractivity contribution < 1.29 is 8.83 Å². The van der Waals surface area contributed by atoms with Crippen LogP contribution in [0.25, 0.3) is 133 Å². The molecule has 0 aliphatic carbocycles. The molecule has 0 saturated heterocycles. The van der Waals surface area contributed by atoms with Crippen LogP contribution in [0.15, 0.2) is 209 Å². The molecule has 0 aliphatic heterocycles. The molecule has 64 heavy (non-hydrogen) atoms. The Morgan fingerprint density at radius 2 is 0.938 bits per heavy atom. The molecule has 0 saturated carbocycles. The third kappa shape index (κ3) is 5.00. The number of benzene rings is 9. The van der Waals surface area contributed by atoms with E-state index in [-0.39, 0.29) is 0 Å². The van der Waals surface area contributed by atoms with Gasteiger partial charge in [-0.1, -0.05) is 158 Å². The molecule has 14 rings (SSSR count). The summed E-state index contributed by atoms with van der Waals surface area (Å²) in [7, 11) is 0. The van der Waals surface area contributed by atoms with Crippen molar-refractivity contribution in [1.82, 2.24) is 24.1 Å². The molecule has 0 amide bonds. The fourth-order valence-corrected chi connectivity index (χ4v) is 9.99. The first-order chi connectivity index (χ1) is 31.7. The Bertz CT molecular complexity index is 4200. The average Bonchev–Trinajstić information content (AvgIpc) is 4.12. The Kier molecular flexibility index (Phi) is 7.27. The number of fused-ring (bicyclic) bond motifs is 13. The maximum Gasteiger partial charge on any atom is 0.238 e. The molecule has 0 aliphatic rings. The lowest BCUT2D eigenvalue weighted by atomic mass is 10.0. The molecule has 0 radical (unpaired) electrons. The molecule has 9 aromatic carbocycles. The van der Waals surface area contributed by atoms with Gasteiger partial charge in [-0.2, -0.15) is 9.97 Å². The molecule has 5 aromatic heterocycles. The summed E-state index contributed by atoms with van der Waals surface area (Å²) in [5, 5.41) is 8.53. The number of nitrogens with zero attached hydrogens (tertiary/aromatic N) is 5. The fourth-order valence-electron chi connectivity index (χ4n) is 9.99. The molecule has 5 heterocycles. The highest BCUT2D eigenvalue weighted by Crippen LogP contribution is 2.44. The van der Waals surface area contributed by atoms with Gasteiger partial charge in [0.05, 0.1) is 27.8 Å². The molecule has 0 fully saturated rings. The van der Waals surface area contributed by atoms with Crippen LogP contribution in [0.5, 0.6) is 0 Å². The summed E-state index contributed by atoms with van der Waals surface area (Å²) in [5.41, 5.74) is 12.3. The summed E-state index contributed by atoms with van der Waals surface area (Å²) >= 11 is 0. The minimum absolute atomic E-state index is 0.513. The van der Waals surface area contributed by atoms with Crippen LogP contribution in [0.4, 0.5) is 0 Å². The van der Waals surface area contributed by atoms with Crippen molar-refractivity contribution in [3.63, 3.8) is 0 Å². The van der Waals surface area contributed by atoms with Crippen molar-refractivity contribution in [3.05, 3.63) is 200 Å². The minimum Gasteiger partial charge on any atom is -0.456 e. The van der Waals surface area contributed by atoms with E-state index in [4.69, 9.17) is 23.8 Å². The van der Waals surface area contributed by atoms with Gasteiger partial charge >= 0.3 is 0 Å². The summed E-state index contributed by atoms with van der Waals surface area (Å²) in [4.78, 5) is 16.0. The van der Waals surface area contributed by atoms with Crippen molar-refractivity contribution in [3.8, 4) is 45.5 Å². The van der Waals surface area contributed by atoms with Crippen LogP contribution in [0.1, 0.15) is 0 Å². The highest BCUT2D eigenvalue weighted by Gasteiger charge is 2.26. The zero-order chi connectivity index (χ0) is 41.9. The monoisotopic (exact) mass is 819 g/mol. The molecular weight excluding hydrogens is 787 g/mol. The Labute approximate surface area is 364 Å². The van der Waals surface area contributed by atoms with Gasteiger partial charge < -0.3 is 13.4 Å². The topological polar surface area (TPSA) is 74.8 Å². The van der Waals surface area contributed by atoms with E-state index >= 15 is 0 Å². The summed E-state index contributed by atoms with van der Waals surface area (Å²) < 4.78 is 18.0. The second-order valence-corrected chi connectivity index (χ2v) is 16.3. The lowest BCUT2D eigenvalue weighted by molar-refractivity contribution is 0.666. The van der Waals surface area contributed by atoms with Gasteiger partial charge in [-0.3, -0.25) is 4.57 Å². The summed E-state index contributed by atoms with van der Waals surface area (Å²) in [6, 6.07) is 69.5. The van der Waals surface area contributed by atoms with E-state index in [1.807, 2.05) is 54.6 Å². The average molecular weight is 820 g/mol. The van der Waals surface area contributed by atoms with Crippen molar-refractivity contribution in [2.24, 2.45) is 0 Å². The Balaban J connectivity index is 1.10. The highest BCUT2D eigenvalue weighted by atomic mass is 16.3. The molecule has 14 aromatic rings. The number of para-hydroxylation sites is 4. The van der Waals surface area contributed by atoms with Crippen LogP contribution >= 0.6 is 0 Å². The first-order valence-corrected chi connectivity index (χ1v) is 21.4. The van der Waals surface area contributed by atoms with E-state index in [2.05, 4.69) is 155 Å². The third-order valence-corrected chi connectivity index (χ3v) is 12.8. The van der Waals surface area contributed by atoms with Gasteiger partial charge in [-0.05, 0) is 53.6 Å². The van der Waals surface area contributed by atoms with E-state index in [0.29, 0.717) is 17.6 Å². The number of furan rings is 2. The smallest absolute Gasteiger partial charge is 0.238 e. The normalized spacial score (nSPS) is 12.1. The summed E-state index contributed by atoms with van der Waals surface area (Å²) in [6.45, 7) is 0. The zero-order valence-corrected chi connectivity index (χ0v) is 34.1. The lowest BCUT2D eigenvalue weighted by Crippen LogP contribution is -2.07. The van der Waals surface area contributed by atoms with E-state index in [0.717, 1.165) is 115 Å². The predicted octanol–water partition coefficient (Wildman–Crippen LogP) is 14.9. The molecule has 7 heteroatoms. The lowest BCUT2D eigenvalue weighted by Gasteiger charge is -2.13. The van der Waals surface area contributed by atoms with E-state index in [1.165, 1.54) is 0 Å². The van der Waals surface area contributed by atoms with Crippen LogP contribution < -0.4 is 0 Å². The van der Waals surface area contributed by atoms with Gasteiger partial charge in [-0.25, -0.2) is 4.98 Å². The molecule has 7 nitrogen and oxygen atoms in total. The Morgan fingerprint density at radius 1 is 0.344 bits per heavy atom. The minimum atomic E-state index is 0.513. The molecular formula is C57H33N5O2. The van der Waals surface area contributed by atoms with Crippen LogP contribution in [-0.2, 0) is 0 Å². The van der Waals surface area contributed by atoms with Crippen molar-refractivity contribution in [2.75, 3.05) is 0 Å². The van der Waals surface area contributed by atoms with Crippen LogP contribution in [0.2, 0.25) is 0 Å². The Hall–Kier alpha value is -8.81. The first kappa shape index (κ1) is 34.9. The third-order valence-electron chi connectivity index (χ3n) is 12.8. The standard InChI is InChI=1S/C57H33N5O2/c1-3-15-34(16-4-1)36-29-30-39-42-22-13-26-47(54(42)64-50(39)33-36)61-45-24-10-7-19-37(45)40-31-32-41-38-20-8-11-25-46(38)62(53(41)52(40)61)57-59-55(35-17-5-2-6-18-35)58-56(60-57)44-23-14-28-49-51(44)43-21-9-12-27-48(43)63-49/h1-33H. The molecule has 0 N–H and O–H groups in total.